The molecule has 1 saturated heterocycles. The van der Waals surface area contributed by atoms with E-state index in [1.807, 2.05) is 39.3 Å². The van der Waals surface area contributed by atoms with Gasteiger partial charge in [0.15, 0.2) is 6.10 Å². The largest absolute Gasteiger partial charge is 0.437 e. The summed E-state index contributed by atoms with van der Waals surface area (Å²) < 4.78 is 7.35. The smallest absolute Gasteiger partial charge is 0.411 e. The van der Waals surface area contributed by atoms with Crippen LogP contribution in [0.4, 0.5) is 4.79 Å². The average Bonchev–Trinajstić information content (AvgIpc) is 2.69. The Morgan fingerprint density at radius 1 is 1.41 bits per heavy atom. The molecule has 1 aromatic rings. The summed E-state index contributed by atoms with van der Waals surface area (Å²) in [6.45, 7) is 8.04. The van der Waals surface area contributed by atoms with Crippen LogP contribution in [-0.2, 0) is 11.8 Å². The maximum atomic E-state index is 11.9. The zero-order valence-electron chi connectivity index (χ0n) is 11.0. The van der Waals surface area contributed by atoms with E-state index < -0.39 is 0 Å². The summed E-state index contributed by atoms with van der Waals surface area (Å²) in [7, 11) is 1.91. The second-order valence-electron chi connectivity index (χ2n) is 5.52. The quantitative estimate of drug-likeness (QED) is 0.751. The summed E-state index contributed by atoms with van der Waals surface area (Å²) >= 11 is 0. The van der Waals surface area contributed by atoms with E-state index in [1.54, 1.807) is 17.4 Å². The maximum Gasteiger partial charge on any atom is 0.411 e. The molecule has 2 rings (SSSR count). The number of carbonyl (C=O) groups is 1. The molecule has 1 aliphatic heterocycles. The first-order chi connectivity index (χ1) is 7.82. The zero-order chi connectivity index (χ0) is 12.8. The van der Waals surface area contributed by atoms with Crippen molar-refractivity contribution in [2.45, 2.75) is 45.4 Å². The molecule has 2 heterocycles. The van der Waals surface area contributed by atoms with E-state index in [9.17, 15) is 4.79 Å². The first-order valence-electron chi connectivity index (χ1n) is 5.78. The lowest BCUT2D eigenvalue weighted by atomic mass is 10.0. The molecule has 0 radical (unpaired) electrons. The van der Waals surface area contributed by atoms with Gasteiger partial charge in [-0.15, -0.1) is 0 Å². The van der Waals surface area contributed by atoms with E-state index in [1.165, 1.54) is 0 Å². The van der Waals surface area contributed by atoms with E-state index >= 15 is 0 Å². The summed E-state index contributed by atoms with van der Waals surface area (Å²) in [4.78, 5) is 17.8. The van der Waals surface area contributed by atoms with E-state index in [2.05, 4.69) is 4.98 Å². The van der Waals surface area contributed by atoms with Crippen molar-refractivity contribution in [2.75, 3.05) is 0 Å². The molecule has 0 N–H and O–H groups in total. The van der Waals surface area contributed by atoms with Gasteiger partial charge in [0.2, 0.25) is 0 Å². The summed E-state index contributed by atoms with van der Waals surface area (Å²) in [5.74, 6) is 0. The third kappa shape index (κ3) is 1.90. The lowest BCUT2D eigenvalue weighted by molar-refractivity contribution is 0.118. The molecule has 0 aliphatic carbocycles. The highest BCUT2D eigenvalue weighted by molar-refractivity contribution is 5.71. The third-order valence-electron chi connectivity index (χ3n) is 3.14. The van der Waals surface area contributed by atoms with Gasteiger partial charge in [0, 0.05) is 12.6 Å². The Balaban J connectivity index is 2.31. The van der Waals surface area contributed by atoms with Crippen LogP contribution >= 0.6 is 0 Å². The van der Waals surface area contributed by atoms with E-state index in [4.69, 9.17) is 4.74 Å². The van der Waals surface area contributed by atoms with Crippen LogP contribution in [0, 0.1) is 0 Å². The number of amides is 1. The van der Waals surface area contributed by atoms with Crippen molar-refractivity contribution in [1.29, 1.82) is 0 Å². The number of aryl methyl sites for hydroxylation is 1. The van der Waals surface area contributed by atoms with Crippen molar-refractivity contribution in [3.8, 4) is 0 Å². The van der Waals surface area contributed by atoms with Gasteiger partial charge in [0.1, 0.15) is 0 Å². The van der Waals surface area contributed by atoms with E-state index in [0.29, 0.717) is 0 Å². The van der Waals surface area contributed by atoms with Gasteiger partial charge in [-0.25, -0.2) is 9.78 Å². The summed E-state index contributed by atoms with van der Waals surface area (Å²) in [5, 5.41) is 0. The molecule has 2 atom stereocenters. The van der Waals surface area contributed by atoms with Gasteiger partial charge in [-0.1, -0.05) is 0 Å². The molecule has 0 saturated carbocycles. The number of nitrogens with zero attached hydrogens (tertiary/aromatic N) is 3. The Morgan fingerprint density at radius 2 is 2.06 bits per heavy atom. The maximum absolute atomic E-state index is 11.9. The Hall–Kier alpha value is -1.52. The fourth-order valence-electron chi connectivity index (χ4n) is 2.40. The predicted molar refractivity (Wildman–Crippen MR) is 63.5 cm³/mol. The molecule has 17 heavy (non-hydrogen) atoms. The number of cyclic esters (lactones) is 1. The van der Waals surface area contributed by atoms with Gasteiger partial charge in [0.05, 0.1) is 24.3 Å². The van der Waals surface area contributed by atoms with Crippen LogP contribution in [0.15, 0.2) is 12.5 Å². The Morgan fingerprint density at radius 3 is 2.47 bits per heavy atom. The normalized spacial score (nSPS) is 25.2. The number of aromatic nitrogens is 2. The number of ether oxygens (including phenoxy) is 1. The van der Waals surface area contributed by atoms with Crippen molar-refractivity contribution in [2.24, 2.45) is 7.05 Å². The fraction of sp³-hybridized carbons (Fsp3) is 0.667. The second-order valence-corrected chi connectivity index (χ2v) is 5.52. The van der Waals surface area contributed by atoms with Gasteiger partial charge in [-0.05, 0) is 27.7 Å². The Bertz CT molecular complexity index is 433. The molecule has 0 aromatic carbocycles. The molecule has 1 aliphatic rings. The van der Waals surface area contributed by atoms with Crippen molar-refractivity contribution in [1.82, 2.24) is 14.5 Å². The summed E-state index contributed by atoms with van der Waals surface area (Å²) in [6.07, 6.45) is 2.97. The SMILES string of the molecule is C[C@H]1[C@@H](c2cncn2C)OC(=O)N1C(C)(C)C. The molecule has 94 valence electrons. The minimum Gasteiger partial charge on any atom is -0.437 e. The number of carbonyl (C=O) groups excluding carboxylic acids is 1. The molecule has 5 nitrogen and oxygen atoms in total. The van der Waals surface area contributed by atoms with E-state index in [0.717, 1.165) is 5.69 Å². The molecular formula is C12H19N3O2. The molecule has 1 amide bonds. The van der Waals surface area contributed by atoms with Crippen LogP contribution in [0.5, 0.6) is 0 Å². The van der Waals surface area contributed by atoms with Gasteiger partial charge >= 0.3 is 6.09 Å². The first-order valence-corrected chi connectivity index (χ1v) is 5.78. The van der Waals surface area contributed by atoms with Crippen LogP contribution in [0.1, 0.15) is 39.5 Å². The molecule has 0 unspecified atom stereocenters. The first kappa shape index (κ1) is 12.0. The summed E-state index contributed by atoms with van der Waals surface area (Å²) in [5.41, 5.74) is 0.696. The van der Waals surface area contributed by atoms with E-state index in [-0.39, 0.29) is 23.8 Å². The number of hydrogen-bond acceptors (Lipinski definition) is 3. The van der Waals surface area contributed by atoms with Crippen molar-refractivity contribution >= 4 is 6.09 Å². The molecular weight excluding hydrogens is 218 g/mol. The Kier molecular flexibility index (Phi) is 2.64. The highest BCUT2D eigenvalue weighted by atomic mass is 16.6. The number of hydrogen-bond donors (Lipinski definition) is 0. The highest BCUT2D eigenvalue weighted by Gasteiger charge is 2.45. The average molecular weight is 237 g/mol. The lowest BCUT2D eigenvalue weighted by Gasteiger charge is -2.33. The van der Waals surface area contributed by atoms with Crippen LogP contribution in [0.2, 0.25) is 0 Å². The van der Waals surface area contributed by atoms with Gasteiger partial charge in [-0.3, -0.25) is 4.90 Å². The Labute approximate surface area is 101 Å². The van der Waals surface area contributed by atoms with Crippen LogP contribution in [0.25, 0.3) is 0 Å². The van der Waals surface area contributed by atoms with Crippen LogP contribution in [-0.4, -0.2) is 32.1 Å². The van der Waals surface area contributed by atoms with Gasteiger partial charge < -0.3 is 9.30 Å². The minimum absolute atomic E-state index is 0.0119. The topological polar surface area (TPSA) is 47.4 Å². The monoisotopic (exact) mass is 237 g/mol. The standard InChI is InChI=1S/C12H19N3O2/c1-8-10(9-6-13-7-14(9)5)17-11(16)15(8)12(2,3)4/h6-8,10H,1-5H3/t8-,10-/m0/s1. The zero-order valence-corrected chi connectivity index (χ0v) is 11.0. The molecule has 0 spiro atoms. The van der Waals surface area contributed by atoms with Crippen molar-refractivity contribution in [3.05, 3.63) is 18.2 Å². The number of rotatable bonds is 1. The second kappa shape index (κ2) is 3.75. The van der Waals surface area contributed by atoms with Crippen LogP contribution in [0.3, 0.4) is 0 Å². The minimum atomic E-state index is -0.254. The number of imidazole rings is 1. The molecule has 0 bridgehead atoms. The van der Waals surface area contributed by atoms with Crippen LogP contribution < -0.4 is 0 Å². The van der Waals surface area contributed by atoms with Gasteiger partial charge in [-0.2, -0.15) is 0 Å². The molecule has 5 heteroatoms. The predicted octanol–water partition coefficient (Wildman–Crippen LogP) is 2.10. The lowest BCUT2D eigenvalue weighted by Crippen LogP contribution is -2.46. The molecule has 1 aromatic heterocycles. The highest BCUT2D eigenvalue weighted by Crippen LogP contribution is 2.36. The van der Waals surface area contributed by atoms with Crippen molar-refractivity contribution < 1.29 is 9.53 Å². The van der Waals surface area contributed by atoms with Crippen molar-refractivity contribution in [3.63, 3.8) is 0 Å². The third-order valence-corrected chi connectivity index (χ3v) is 3.14. The van der Waals surface area contributed by atoms with Gasteiger partial charge in [0.25, 0.3) is 0 Å². The molecule has 1 fully saturated rings. The fourth-order valence-corrected chi connectivity index (χ4v) is 2.40. The summed E-state index contributed by atoms with van der Waals surface area (Å²) in [6, 6.07) is 0.0119.